The van der Waals surface area contributed by atoms with Crippen molar-refractivity contribution in [2.24, 2.45) is 0 Å². The van der Waals surface area contributed by atoms with Crippen molar-refractivity contribution in [1.29, 1.82) is 0 Å². The predicted octanol–water partition coefficient (Wildman–Crippen LogP) is 4.58. The minimum atomic E-state index is -3.57. The van der Waals surface area contributed by atoms with Crippen molar-refractivity contribution in [2.45, 2.75) is 31.2 Å². The first kappa shape index (κ1) is 16.7. The molecule has 0 aliphatic heterocycles. The number of nitrogens with one attached hydrogen (secondary N) is 1. The fraction of sp³-hybridized carbons (Fsp3) is 0.200. The minimum Gasteiger partial charge on any atom is -0.207 e. The molecule has 4 heteroatoms. The van der Waals surface area contributed by atoms with E-state index >= 15 is 0 Å². The molecule has 1 atom stereocenters. The largest absolute Gasteiger partial charge is 0.241 e. The summed E-state index contributed by atoms with van der Waals surface area (Å²) in [5.41, 5.74) is 2.14. The Labute approximate surface area is 143 Å². The highest BCUT2D eigenvalue weighted by atomic mass is 32.2. The Balaban J connectivity index is 1.91. The van der Waals surface area contributed by atoms with E-state index in [1.165, 1.54) is 0 Å². The van der Waals surface area contributed by atoms with Crippen LogP contribution in [-0.4, -0.2) is 8.42 Å². The summed E-state index contributed by atoms with van der Waals surface area (Å²) >= 11 is 0. The van der Waals surface area contributed by atoms with Crippen LogP contribution in [0.4, 0.5) is 0 Å². The van der Waals surface area contributed by atoms with E-state index in [4.69, 9.17) is 0 Å². The molecule has 0 saturated carbocycles. The molecule has 0 heterocycles. The Morgan fingerprint density at radius 3 is 2.25 bits per heavy atom. The predicted molar refractivity (Wildman–Crippen MR) is 98.5 cm³/mol. The van der Waals surface area contributed by atoms with Crippen LogP contribution in [0.3, 0.4) is 0 Å². The molecule has 0 amide bonds. The number of hydrogen-bond donors (Lipinski definition) is 1. The number of rotatable bonds is 5. The summed E-state index contributed by atoms with van der Waals surface area (Å²) in [6.07, 6.45) is 0.690. The van der Waals surface area contributed by atoms with Crippen LogP contribution in [0.15, 0.2) is 71.6 Å². The highest BCUT2D eigenvalue weighted by Gasteiger charge is 2.20. The fourth-order valence-electron chi connectivity index (χ4n) is 2.78. The number of sulfonamides is 1. The first-order valence-corrected chi connectivity index (χ1v) is 9.55. The minimum absolute atomic E-state index is 0.234. The Hall–Kier alpha value is -2.17. The molecule has 0 radical (unpaired) electrons. The van der Waals surface area contributed by atoms with E-state index in [0.717, 1.165) is 21.9 Å². The third-order valence-corrected chi connectivity index (χ3v) is 5.69. The van der Waals surface area contributed by atoms with Gasteiger partial charge in [0.2, 0.25) is 10.0 Å². The Morgan fingerprint density at radius 2 is 1.58 bits per heavy atom. The first-order chi connectivity index (χ1) is 11.5. The molecule has 0 unspecified atom stereocenters. The van der Waals surface area contributed by atoms with E-state index in [9.17, 15) is 8.42 Å². The molecule has 124 valence electrons. The van der Waals surface area contributed by atoms with Crippen LogP contribution >= 0.6 is 0 Å². The second-order valence-corrected chi connectivity index (χ2v) is 7.72. The summed E-state index contributed by atoms with van der Waals surface area (Å²) in [7, 11) is -3.57. The van der Waals surface area contributed by atoms with Gasteiger partial charge in [-0.25, -0.2) is 13.1 Å². The van der Waals surface area contributed by atoms with E-state index in [2.05, 4.69) is 4.72 Å². The lowest BCUT2D eigenvalue weighted by atomic mass is 10.0. The zero-order valence-corrected chi connectivity index (χ0v) is 14.7. The number of hydrogen-bond acceptors (Lipinski definition) is 2. The molecule has 0 spiro atoms. The van der Waals surface area contributed by atoms with Crippen LogP contribution in [-0.2, 0) is 10.0 Å². The van der Waals surface area contributed by atoms with Gasteiger partial charge in [0.25, 0.3) is 0 Å². The summed E-state index contributed by atoms with van der Waals surface area (Å²) in [6.45, 7) is 4.00. The van der Waals surface area contributed by atoms with Gasteiger partial charge in [-0.1, -0.05) is 67.1 Å². The van der Waals surface area contributed by atoms with Crippen molar-refractivity contribution in [1.82, 2.24) is 4.72 Å². The lowest BCUT2D eigenvalue weighted by Crippen LogP contribution is -2.28. The molecule has 1 N–H and O–H groups in total. The summed E-state index contributed by atoms with van der Waals surface area (Å²) in [5, 5.41) is 1.95. The highest BCUT2D eigenvalue weighted by molar-refractivity contribution is 7.89. The van der Waals surface area contributed by atoms with Crippen molar-refractivity contribution in [3.63, 3.8) is 0 Å². The quantitative estimate of drug-likeness (QED) is 0.739. The second-order valence-electron chi connectivity index (χ2n) is 6.00. The summed E-state index contributed by atoms with van der Waals surface area (Å²) < 4.78 is 28.4. The molecule has 3 rings (SSSR count). The van der Waals surface area contributed by atoms with Crippen LogP contribution in [0.25, 0.3) is 10.8 Å². The van der Waals surface area contributed by atoms with E-state index < -0.39 is 10.0 Å². The summed E-state index contributed by atoms with van der Waals surface area (Å²) in [4.78, 5) is 0.298. The average Bonchev–Trinajstić information content (AvgIpc) is 2.60. The van der Waals surface area contributed by atoms with Crippen LogP contribution in [0.1, 0.15) is 30.5 Å². The maximum atomic E-state index is 12.8. The van der Waals surface area contributed by atoms with Gasteiger partial charge < -0.3 is 0 Å². The van der Waals surface area contributed by atoms with Crippen molar-refractivity contribution in [2.75, 3.05) is 0 Å². The molecular formula is C20H21NO2S. The fourth-order valence-corrected chi connectivity index (χ4v) is 4.12. The molecule has 3 aromatic rings. The SMILES string of the molecule is CC[C@H](NS(=O)(=O)c1ccc2ccccc2c1)c1ccc(C)cc1. The first-order valence-electron chi connectivity index (χ1n) is 8.07. The van der Waals surface area contributed by atoms with Crippen LogP contribution in [0, 0.1) is 6.92 Å². The maximum Gasteiger partial charge on any atom is 0.241 e. The van der Waals surface area contributed by atoms with Gasteiger partial charge in [0.1, 0.15) is 0 Å². The number of aryl methyl sites for hydroxylation is 1. The Kier molecular flexibility index (Phi) is 4.69. The number of benzene rings is 3. The lowest BCUT2D eigenvalue weighted by molar-refractivity contribution is 0.550. The molecule has 3 aromatic carbocycles. The maximum absolute atomic E-state index is 12.8. The molecule has 3 nitrogen and oxygen atoms in total. The van der Waals surface area contributed by atoms with Crippen LogP contribution < -0.4 is 4.72 Å². The molecule has 0 bridgehead atoms. The van der Waals surface area contributed by atoms with E-state index in [1.807, 2.05) is 68.4 Å². The van der Waals surface area contributed by atoms with E-state index in [0.29, 0.717) is 11.3 Å². The van der Waals surface area contributed by atoms with Gasteiger partial charge in [-0.15, -0.1) is 0 Å². The van der Waals surface area contributed by atoms with E-state index in [-0.39, 0.29) is 6.04 Å². The van der Waals surface area contributed by atoms with Crippen molar-refractivity contribution >= 4 is 20.8 Å². The molecule has 0 saturated heterocycles. The summed E-state index contributed by atoms with van der Waals surface area (Å²) in [5.74, 6) is 0. The van der Waals surface area contributed by atoms with Gasteiger partial charge >= 0.3 is 0 Å². The smallest absolute Gasteiger partial charge is 0.207 e. The summed E-state index contributed by atoms with van der Waals surface area (Å²) in [6, 6.07) is 20.7. The van der Waals surface area contributed by atoms with Crippen molar-refractivity contribution < 1.29 is 8.42 Å². The molecule has 0 fully saturated rings. The third-order valence-electron chi connectivity index (χ3n) is 4.22. The Morgan fingerprint density at radius 1 is 0.917 bits per heavy atom. The molecule has 0 aliphatic rings. The molecule has 0 aromatic heterocycles. The highest BCUT2D eigenvalue weighted by Crippen LogP contribution is 2.23. The second kappa shape index (κ2) is 6.75. The topological polar surface area (TPSA) is 46.2 Å². The average molecular weight is 339 g/mol. The van der Waals surface area contributed by atoms with Gasteiger partial charge in [-0.2, -0.15) is 0 Å². The lowest BCUT2D eigenvalue weighted by Gasteiger charge is -2.18. The van der Waals surface area contributed by atoms with Crippen molar-refractivity contribution in [3.8, 4) is 0 Å². The van der Waals surface area contributed by atoms with Gasteiger partial charge in [-0.3, -0.25) is 0 Å². The molecular weight excluding hydrogens is 318 g/mol. The van der Waals surface area contributed by atoms with Gasteiger partial charge in [0.05, 0.1) is 4.90 Å². The zero-order valence-electron chi connectivity index (χ0n) is 13.9. The van der Waals surface area contributed by atoms with Crippen molar-refractivity contribution in [3.05, 3.63) is 77.9 Å². The van der Waals surface area contributed by atoms with Crippen LogP contribution in [0.5, 0.6) is 0 Å². The molecule has 0 aliphatic carbocycles. The monoisotopic (exact) mass is 339 g/mol. The molecule has 24 heavy (non-hydrogen) atoms. The normalized spacial score (nSPS) is 13.1. The van der Waals surface area contributed by atoms with Gasteiger partial charge in [-0.05, 0) is 41.8 Å². The van der Waals surface area contributed by atoms with Crippen LogP contribution in [0.2, 0.25) is 0 Å². The standard InChI is InChI=1S/C20H21NO2S/c1-3-20(17-10-8-15(2)9-11-17)21-24(22,23)19-13-12-16-6-4-5-7-18(16)14-19/h4-14,20-21H,3H2,1-2H3/t20-/m0/s1. The zero-order chi connectivity index (χ0) is 17.2. The third kappa shape index (κ3) is 3.50. The Bertz CT molecular complexity index is 947. The number of fused-ring (bicyclic) bond motifs is 1. The van der Waals surface area contributed by atoms with E-state index in [1.54, 1.807) is 12.1 Å². The van der Waals surface area contributed by atoms with Gasteiger partial charge in [0, 0.05) is 6.04 Å². The van der Waals surface area contributed by atoms with Gasteiger partial charge in [0.15, 0.2) is 0 Å².